The third-order valence-electron chi connectivity index (χ3n) is 2.99. The van der Waals surface area contributed by atoms with E-state index in [0.717, 1.165) is 0 Å². The molecule has 0 fully saturated rings. The molecule has 0 saturated carbocycles. The van der Waals surface area contributed by atoms with Crippen molar-refractivity contribution >= 4 is 5.97 Å². The van der Waals surface area contributed by atoms with Gasteiger partial charge in [0.25, 0.3) is 0 Å². The molecule has 0 aliphatic rings. The minimum atomic E-state index is -1.04. The predicted molar refractivity (Wildman–Crippen MR) is 73.4 cm³/mol. The Bertz CT molecular complexity index is 642. The molecule has 0 radical (unpaired) electrons. The van der Waals surface area contributed by atoms with Gasteiger partial charge in [-0.05, 0) is 23.8 Å². The zero-order valence-electron chi connectivity index (χ0n) is 11.7. The number of aromatic carboxylic acids is 1. The van der Waals surface area contributed by atoms with Gasteiger partial charge in [-0.2, -0.15) is 5.10 Å². The fourth-order valence-corrected chi connectivity index (χ4v) is 1.88. The Hall–Kier alpha value is -2.17. The van der Waals surface area contributed by atoms with E-state index in [1.54, 1.807) is 18.2 Å². The van der Waals surface area contributed by atoms with Crippen LogP contribution in [0, 0.1) is 5.82 Å². The predicted octanol–water partition coefficient (Wildman–Crippen LogP) is 3.07. The molecule has 0 bridgehead atoms. The van der Waals surface area contributed by atoms with E-state index in [2.05, 4.69) is 5.10 Å². The van der Waals surface area contributed by atoms with Crippen molar-refractivity contribution in [1.29, 1.82) is 0 Å². The van der Waals surface area contributed by atoms with Crippen LogP contribution >= 0.6 is 0 Å². The van der Waals surface area contributed by atoms with Crippen molar-refractivity contribution in [3.63, 3.8) is 0 Å². The first-order chi connectivity index (χ1) is 9.27. The molecule has 1 aromatic carbocycles. The van der Waals surface area contributed by atoms with Crippen LogP contribution in [0.15, 0.2) is 30.3 Å². The first kappa shape index (κ1) is 14.2. The van der Waals surface area contributed by atoms with Gasteiger partial charge in [-0.1, -0.05) is 32.9 Å². The Morgan fingerprint density at radius 2 is 2.05 bits per heavy atom. The first-order valence-electron chi connectivity index (χ1n) is 6.33. The molecule has 2 rings (SSSR count). The van der Waals surface area contributed by atoms with E-state index in [9.17, 15) is 14.3 Å². The zero-order chi connectivity index (χ0) is 14.9. The van der Waals surface area contributed by atoms with E-state index in [1.807, 2.05) is 20.8 Å². The van der Waals surface area contributed by atoms with Crippen LogP contribution in [0.3, 0.4) is 0 Å². The van der Waals surface area contributed by atoms with Gasteiger partial charge in [0, 0.05) is 5.41 Å². The lowest BCUT2D eigenvalue weighted by Gasteiger charge is -2.14. The molecule has 0 unspecified atom stereocenters. The Labute approximate surface area is 116 Å². The number of benzene rings is 1. The lowest BCUT2D eigenvalue weighted by Crippen LogP contribution is -2.14. The first-order valence-corrected chi connectivity index (χ1v) is 6.33. The standard InChI is InChI=1S/C15H17FN2O2/c1-15(2,3)13-8-12(14(19)20)18(17-13)9-10-5-4-6-11(16)7-10/h4-8H,9H2,1-3H3,(H,19,20). The van der Waals surface area contributed by atoms with Crippen molar-refractivity contribution in [1.82, 2.24) is 9.78 Å². The van der Waals surface area contributed by atoms with E-state index < -0.39 is 5.97 Å². The summed E-state index contributed by atoms with van der Waals surface area (Å²) in [4.78, 5) is 11.3. The molecule has 0 amide bonds. The van der Waals surface area contributed by atoms with Gasteiger partial charge in [0.05, 0.1) is 12.2 Å². The Morgan fingerprint density at radius 3 is 2.60 bits per heavy atom. The second kappa shape index (κ2) is 5.07. The fraction of sp³-hybridized carbons (Fsp3) is 0.333. The SMILES string of the molecule is CC(C)(C)c1cc(C(=O)O)n(Cc2cccc(F)c2)n1. The normalized spacial score (nSPS) is 11.6. The highest BCUT2D eigenvalue weighted by Crippen LogP contribution is 2.22. The third-order valence-corrected chi connectivity index (χ3v) is 2.99. The maximum Gasteiger partial charge on any atom is 0.354 e. The van der Waals surface area contributed by atoms with E-state index >= 15 is 0 Å². The number of rotatable bonds is 3. The Morgan fingerprint density at radius 1 is 1.35 bits per heavy atom. The molecule has 106 valence electrons. The second-order valence-electron chi connectivity index (χ2n) is 5.76. The van der Waals surface area contributed by atoms with Gasteiger partial charge in [-0.25, -0.2) is 9.18 Å². The number of hydrogen-bond donors (Lipinski definition) is 1. The lowest BCUT2D eigenvalue weighted by atomic mass is 9.92. The Balaban J connectivity index is 2.40. The second-order valence-corrected chi connectivity index (χ2v) is 5.76. The number of hydrogen-bond acceptors (Lipinski definition) is 2. The molecule has 2 aromatic rings. The van der Waals surface area contributed by atoms with E-state index in [-0.39, 0.29) is 23.5 Å². The summed E-state index contributed by atoms with van der Waals surface area (Å²) < 4.78 is 14.6. The summed E-state index contributed by atoms with van der Waals surface area (Å²) in [5.41, 5.74) is 1.25. The summed E-state index contributed by atoms with van der Waals surface area (Å²) >= 11 is 0. The average molecular weight is 276 g/mol. The van der Waals surface area contributed by atoms with Crippen molar-refractivity contribution < 1.29 is 14.3 Å². The monoisotopic (exact) mass is 276 g/mol. The summed E-state index contributed by atoms with van der Waals surface area (Å²) in [5, 5.41) is 13.6. The molecule has 1 heterocycles. The smallest absolute Gasteiger partial charge is 0.354 e. The average Bonchev–Trinajstić information content (AvgIpc) is 2.72. The minimum Gasteiger partial charge on any atom is -0.477 e. The quantitative estimate of drug-likeness (QED) is 0.937. The number of carbonyl (C=O) groups is 1. The van der Waals surface area contributed by atoms with Crippen molar-refractivity contribution in [2.24, 2.45) is 0 Å². The van der Waals surface area contributed by atoms with E-state index in [4.69, 9.17) is 0 Å². The highest BCUT2D eigenvalue weighted by atomic mass is 19.1. The number of carboxylic acid groups (broad SMARTS) is 1. The van der Waals surface area contributed by atoms with Crippen LogP contribution in [-0.4, -0.2) is 20.9 Å². The van der Waals surface area contributed by atoms with Gasteiger partial charge in [0.1, 0.15) is 11.5 Å². The molecule has 1 N–H and O–H groups in total. The third kappa shape index (κ3) is 3.04. The molecule has 5 heteroatoms. The lowest BCUT2D eigenvalue weighted by molar-refractivity contribution is 0.0684. The van der Waals surface area contributed by atoms with Crippen molar-refractivity contribution in [2.75, 3.05) is 0 Å². The van der Waals surface area contributed by atoms with Gasteiger partial charge in [-0.15, -0.1) is 0 Å². The number of aromatic nitrogens is 2. The van der Waals surface area contributed by atoms with Gasteiger partial charge in [0.15, 0.2) is 0 Å². The highest BCUT2D eigenvalue weighted by Gasteiger charge is 2.22. The largest absolute Gasteiger partial charge is 0.477 e. The number of nitrogens with zero attached hydrogens (tertiary/aromatic N) is 2. The molecule has 0 saturated heterocycles. The highest BCUT2D eigenvalue weighted by molar-refractivity contribution is 5.85. The molecule has 0 aliphatic carbocycles. The molecule has 0 spiro atoms. The molecular weight excluding hydrogens is 259 g/mol. The molecule has 0 atom stereocenters. The maximum atomic E-state index is 13.2. The van der Waals surface area contributed by atoms with Crippen molar-refractivity contribution in [3.8, 4) is 0 Å². The summed E-state index contributed by atoms with van der Waals surface area (Å²) in [5.74, 6) is -1.38. The molecule has 4 nitrogen and oxygen atoms in total. The number of carboxylic acids is 1. The summed E-state index contributed by atoms with van der Waals surface area (Å²) in [6.45, 7) is 6.13. The van der Waals surface area contributed by atoms with E-state index in [1.165, 1.54) is 16.8 Å². The van der Waals surface area contributed by atoms with Crippen molar-refractivity contribution in [2.45, 2.75) is 32.7 Å². The van der Waals surface area contributed by atoms with Gasteiger partial charge in [-0.3, -0.25) is 4.68 Å². The van der Waals surface area contributed by atoms with Crippen LogP contribution in [0.2, 0.25) is 0 Å². The molecule has 20 heavy (non-hydrogen) atoms. The van der Waals surface area contributed by atoms with Gasteiger partial charge < -0.3 is 5.11 Å². The Kier molecular flexibility index (Phi) is 3.61. The fourth-order valence-electron chi connectivity index (χ4n) is 1.88. The van der Waals surface area contributed by atoms with Crippen LogP contribution < -0.4 is 0 Å². The maximum absolute atomic E-state index is 13.2. The molecule has 0 aliphatic heterocycles. The number of halogens is 1. The van der Waals surface area contributed by atoms with Crippen LogP contribution in [0.4, 0.5) is 4.39 Å². The van der Waals surface area contributed by atoms with Crippen molar-refractivity contribution in [3.05, 3.63) is 53.1 Å². The van der Waals surface area contributed by atoms with Crippen LogP contribution in [-0.2, 0) is 12.0 Å². The molecule has 1 aromatic heterocycles. The van der Waals surface area contributed by atoms with E-state index in [0.29, 0.717) is 11.3 Å². The molecular formula is C15H17FN2O2. The minimum absolute atomic E-state index is 0.110. The topological polar surface area (TPSA) is 55.1 Å². The van der Waals surface area contributed by atoms with Crippen LogP contribution in [0.5, 0.6) is 0 Å². The summed E-state index contributed by atoms with van der Waals surface area (Å²) in [6.07, 6.45) is 0. The zero-order valence-corrected chi connectivity index (χ0v) is 11.7. The summed E-state index contributed by atoms with van der Waals surface area (Å²) in [7, 11) is 0. The van der Waals surface area contributed by atoms with Crippen LogP contribution in [0.25, 0.3) is 0 Å². The van der Waals surface area contributed by atoms with Gasteiger partial charge in [0.2, 0.25) is 0 Å². The summed E-state index contributed by atoms with van der Waals surface area (Å²) in [6, 6.07) is 7.64. The van der Waals surface area contributed by atoms with Crippen LogP contribution in [0.1, 0.15) is 42.5 Å². The van der Waals surface area contributed by atoms with Gasteiger partial charge >= 0.3 is 5.97 Å².